The van der Waals surface area contributed by atoms with Gasteiger partial charge in [0, 0.05) is 19.7 Å². The molecule has 0 bridgehead atoms. The first-order valence-corrected chi connectivity index (χ1v) is 4.76. The van der Waals surface area contributed by atoms with Crippen molar-refractivity contribution in [2.45, 2.75) is 19.4 Å². The van der Waals surface area contributed by atoms with Crippen LogP contribution in [0.1, 0.15) is 13.3 Å². The Kier molecular flexibility index (Phi) is 9.80. The molecule has 4 nitrogen and oxygen atoms in total. The molecule has 0 aromatic carbocycles. The number of methoxy groups -OCH3 is 1. The number of rotatable bonds is 9. The van der Waals surface area contributed by atoms with E-state index in [0.29, 0.717) is 19.3 Å². The molecule has 0 radical (unpaired) electrons. The number of hydrogen-bond acceptors (Lipinski definition) is 4. The first-order chi connectivity index (χ1) is 6.35. The summed E-state index contributed by atoms with van der Waals surface area (Å²) in [7, 11) is 1.70. The van der Waals surface area contributed by atoms with Crippen LogP contribution in [-0.4, -0.2) is 51.2 Å². The smallest absolute Gasteiger partial charge is 0.0698 e. The van der Waals surface area contributed by atoms with E-state index in [1.165, 1.54) is 0 Å². The van der Waals surface area contributed by atoms with Crippen molar-refractivity contribution >= 4 is 0 Å². The normalized spacial score (nSPS) is 13.2. The van der Waals surface area contributed by atoms with Crippen molar-refractivity contribution < 1.29 is 14.6 Å². The van der Waals surface area contributed by atoms with Crippen molar-refractivity contribution in [3.63, 3.8) is 0 Å². The predicted molar refractivity (Wildman–Crippen MR) is 51.9 cm³/mol. The number of nitrogens with one attached hydrogen (secondary N) is 1. The third kappa shape index (κ3) is 8.18. The Morgan fingerprint density at radius 3 is 2.69 bits per heavy atom. The fourth-order valence-electron chi connectivity index (χ4n) is 1.02. The molecule has 0 aliphatic carbocycles. The van der Waals surface area contributed by atoms with Crippen molar-refractivity contribution in [1.82, 2.24) is 5.32 Å². The largest absolute Gasteiger partial charge is 0.394 e. The Balaban J connectivity index is 3.17. The lowest BCUT2D eigenvalue weighted by atomic mass is 10.2. The second-order valence-electron chi connectivity index (χ2n) is 2.85. The molecule has 1 atom stereocenters. The minimum absolute atomic E-state index is 0.0925. The molecule has 0 aliphatic heterocycles. The van der Waals surface area contributed by atoms with E-state index in [9.17, 15) is 0 Å². The highest BCUT2D eigenvalue weighted by Crippen LogP contribution is 1.90. The van der Waals surface area contributed by atoms with E-state index in [2.05, 4.69) is 12.2 Å². The highest BCUT2D eigenvalue weighted by Gasteiger charge is 2.02. The maximum absolute atomic E-state index is 8.44. The third-order valence-electron chi connectivity index (χ3n) is 1.78. The van der Waals surface area contributed by atoms with Crippen molar-refractivity contribution in [2.75, 3.05) is 40.1 Å². The number of hydrogen-bond donors (Lipinski definition) is 2. The zero-order valence-corrected chi connectivity index (χ0v) is 8.58. The summed E-state index contributed by atoms with van der Waals surface area (Å²) in [5.41, 5.74) is 0. The van der Waals surface area contributed by atoms with Crippen LogP contribution in [0.25, 0.3) is 0 Å². The molecule has 0 saturated carbocycles. The van der Waals surface area contributed by atoms with Crippen LogP contribution in [0, 0.1) is 0 Å². The average molecular weight is 191 g/mol. The molecule has 4 heteroatoms. The predicted octanol–water partition coefficient (Wildman–Crippen LogP) is 0.00990. The van der Waals surface area contributed by atoms with Gasteiger partial charge in [-0.25, -0.2) is 0 Å². The maximum Gasteiger partial charge on any atom is 0.0698 e. The molecule has 80 valence electrons. The van der Waals surface area contributed by atoms with Gasteiger partial charge in [-0.2, -0.15) is 0 Å². The molecule has 0 spiro atoms. The summed E-state index contributed by atoms with van der Waals surface area (Å²) in [4.78, 5) is 0. The summed E-state index contributed by atoms with van der Waals surface area (Å²) in [5.74, 6) is 0. The van der Waals surface area contributed by atoms with Crippen molar-refractivity contribution in [3.8, 4) is 0 Å². The molecule has 0 saturated heterocycles. The average Bonchev–Trinajstić information content (AvgIpc) is 2.16. The van der Waals surface area contributed by atoms with Crippen LogP contribution in [0.3, 0.4) is 0 Å². The SMILES string of the molecule is CCC(COC)NCCOCCO. The van der Waals surface area contributed by atoms with E-state index in [1.54, 1.807) is 7.11 Å². The van der Waals surface area contributed by atoms with Gasteiger partial charge in [0.15, 0.2) is 0 Å². The number of aliphatic hydroxyl groups excluding tert-OH is 1. The zero-order valence-electron chi connectivity index (χ0n) is 8.58. The Morgan fingerprint density at radius 2 is 2.15 bits per heavy atom. The van der Waals surface area contributed by atoms with Crippen molar-refractivity contribution in [1.29, 1.82) is 0 Å². The van der Waals surface area contributed by atoms with Gasteiger partial charge in [-0.15, -0.1) is 0 Å². The number of ether oxygens (including phenoxy) is 2. The molecule has 0 fully saturated rings. The zero-order chi connectivity index (χ0) is 9.94. The second-order valence-corrected chi connectivity index (χ2v) is 2.85. The monoisotopic (exact) mass is 191 g/mol. The lowest BCUT2D eigenvalue weighted by Crippen LogP contribution is -2.35. The van der Waals surface area contributed by atoms with Crippen LogP contribution >= 0.6 is 0 Å². The van der Waals surface area contributed by atoms with E-state index < -0.39 is 0 Å². The topological polar surface area (TPSA) is 50.7 Å². The van der Waals surface area contributed by atoms with Gasteiger partial charge in [-0.05, 0) is 6.42 Å². The van der Waals surface area contributed by atoms with E-state index in [-0.39, 0.29) is 6.61 Å². The fourth-order valence-corrected chi connectivity index (χ4v) is 1.02. The second kappa shape index (κ2) is 9.92. The van der Waals surface area contributed by atoms with Crippen LogP contribution in [-0.2, 0) is 9.47 Å². The Bertz CT molecular complexity index is 101. The Morgan fingerprint density at radius 1 is 1.38 bits per heavy atom. The molecule has 0 heterocycles. The molecule has 0 amide bonds. The van der Waals surface area contributed by atoms with Gasteiger partial charge in [-0.3, -0.25) is 0 Å². The van der Waals surface area contributed by atoms with Crippen LogP contribution in [0.5, 0.6) is 0 Å². The molecule has 2 N–H and O–H groups in total. The molecule has 0 rings (SSSR count). The summed E-state index contributed by atoms with van der Waals surface area (Å²) in [5, 5.41) is 11.7. The fraction of sp³-hybridized carbons (Fsp3) is 1.00. The van der Waals surface area contributed by atoms with Crippen molar-refractivity contribution in [3.05, 3.63) is 0 Å². The van der Waals surface area contributed by atoms with Gasteiger partial charge < -0.3 is 19.9 Å². The molecule has 0 aliphatic rings. The summed E-state index contributed by atoms with van der Waals surface area (Å²) in [6, 6.07) is 0.405. The molecule has 0 aromatic heterocycles. The van der Waals surface area contributed by atoms with Gasteiger partial charge >= 0.3 is 0 Å². The third-order valence-corrected chi connectivity index (χ3v) is 1.78. The van der Waals surface area contributed by atoms with Gasteiger partial charge in [0.25, 0.3) is 0 Å². The maximum atomic E-state index is 8.44. The Labute approximate surface area is 80.2 Å². The van der Waals surface area contributed by atoms with Gasteiger partial charge in [-0.1, -0.05) is 6.92 Å². The highest BCUT2D eigenvalue weighted by molar-refractivity contribution is 4.62. The van der Waals surface area contributed by atoms with Gasteiger partial charge in [0.2, 0.25) is 0 Å². The van der Waals surface area contributed by atoms with E-state index in [1.807, 2.05) is 0 Å². The van der Waals surface area contributed by atoms with Gasteiger partial charge in [0.1, 0.15) is 0 Å². The summed E-state index contributed by atoms with van der Waals surface area (Å²) in [6.07, 6.45) is 1.05. The molecular formula is C9H21NO3. The highest BCUT2D eigenvalue weighted by atomic mass is 16.5. The summed E-state index contributed by atoms with van der Waals surface area (Å²) in [6.45, 7) is 4.81. The minimum Gasteiger partial charge on any atom is -0.394 e. The molecule has 1 unspecified atom stereocenters. The molecular weight excluding hydrogens is 170 g/mol. The first kappa shape index (κ1) is 12.8. The first-order valence-electron chi connectivity index (χ1n) is 4.76. The number of aliphatic hydroxyl groups is 1. The minimum atomic E-state index is 0.0925. The lowest BCUT2D eigenvalue weighted by molar-refractivity contribution is 0.0889. The van der Waals surface area contributed by atoms with Gasteiger partial charge in [0.05, 0.1) is 26.4 Å². The quantitative estimate of drug-likeness (QED) is 0.504. The summed E-state index contributed by atoms with van der Waals surface area (Å²) >= 11 is 0. The molecule has 13 heavy (non-hydrogen) atoms. The molecule has 0 aromatic rings. The van der Waals surface area contributed by atoms with E-state index in [4.69, 9.17) is 14.6 Å². The van der Waals surface area contributed by atoms with Crippen LogP contribution < -0.4 is 5.32 Å². The summed E-state index contributed by atoms with van der Waals surface area (Å²) < 4.78 is 10.1. The van der Waals surface area contributed by atoms with Crippen LogP contribution in [0.15, 0.2) is 0 Å². The van der Waals surface area contributed by atoms with Crippen molar-refractivity contribution in [2.24, 2.45) is 0 Å². The van der Waals surface area contributed by atoms with Crippen LogP contribution in [0.2, 0.25) is 0 Å². The standard InChI is InChI=1S/C9H21NO3/c1-3-9(8-12-2)10-4-6-13-7-5-11/h9-11H,3-8H2,1-2H3. The van der Waals surface area contributed by atoms with E-state index >= 15 is 0 Å². The van der Waals surface area contributed by atoms with Crippen LogP contribution in [0.4, 0.5) is 0 Å². The van der Waals surface area contributed by atoms with E-state index in [0.717, 1.165) is 19.6 Å². The lowest BCUT2D eigenvalue weighted by Gasteiger charge is -2.15. The Hall–Kier alpha value is -0.160.